The summed E-state index contributed by atoms with van der Waals surface area (Å²) in [5.74, 6) is 0.772. The second-order valence-electron chi connectivity index (χ2n) is 4.13. The van der Waals surface area contributed by atoms with Crippen molar-refractivity contribution in [1.82, 2.24) is 5.32 Å². The van der Waals surface area contributed by atoms with Crippen LogP contribution < -0.4 is 5.32 Å². The Morgan fingerprint density at radius 1 is 1.50 bits per heavy atom. The molecule has 0 unspecified atom stereocenters. The van der Waals surface area contributed by atoms with Crippen molar-refractivity contribution in [2.75, 3.05) is 13.7 Å². The number of hydrogen-bond acceptors (Lipinski definition) is 3. The van der Waals surface area contributed by atoms with Gasteiger partial charge in [-0.2, -0.15) is 0 Å². The molecular weight excluding hydrogens is 178 g/mol. The van der Waals surface area contributed by atoms with Gasteiger partial charge < -0.3 is 10.1 Å². The highest BCUT2D eigenvalue weighted by Crippen LogP contribution is 2.29. The Kier molecular flexibility index (Phi) is 4.39. The maximum Gasteiger partial charge on any atom is 0.308 e. The molecule has 0 aromatic carbocycles. The summed E-state index contributed by atoms with van der Waals surface area (Å²) in [5, 5.41) is 3.27. The molecule has 1 aliphatic carbocycles. The van der Waals surface area contributed by atoms with Gasteiger partial charge in [-0.15, -0.1) is 0 Å². The van der Waals surface area contributed by atoms with Gasteiger partial charge in [-0.1, -0.05) is 6.92 Å². The van der Waals surface area contributed by atoms with Gasteiger partial charge in [0, 0.05) is 6.04 Å². The smallest absolute Gasteiger partial charge is 0.308 e. The molecule has 1 rings (SSSR count). The lowest BCUT2D eigenvalue weighted by molar-refractivity contribution is -0.149. The van der Waals surface area contributed by atoms with Crippen LogP contribution in [0.15, 0.2) is 0 Å². The molecule has 0 aromatic heterocycles. The predicted octanol–water partition coefficient (Wildman–Crippen LogP) is 1.57. The Morgan fingerprint density at radius 2 is 2.21 bits per heavy atom. The van der Waals surface area contributed by atoms with Gasteiger partial charge in [-0.05, 0) is 39.2 Å². The highest BCUT2D eigenvalue weighted by molar-refractivity contribution is 5.72. The predicted molar refractivity (Wildman–Crippen MR) is 56.0 cm³/mol. The van der Waals surface area contributed by atoms with Crippen molar-refractivity contribution in [3.8, 4) is 0 Å². The molecule has 0 saturated heterocycles. The summed E-state index contributed by atoms with van der Waals surface area (Å²) in [6.45, 7) is 4.59. The largest absolute Gasteiger partial charge is 0.466 e. The SMILES string of the molecule is CCOC(=O)[C@@H]1CC[C@@H](C)[C@H](NC)C1. The third-order valence-corrected chi connectivity index (χ3v) is 3.19. The van der Waals surface area contributed by atoms with E-state index in [4.69, 9.17) is 4.74 Å². The number of esters is 1. The van der Waals surface area contributed by atoms with Crippen LogP contribution in [-0.2, 0) is 9.53 Å². The molecule has 14 heavy (non-hydrogen) atoms. The fourth-order valence-electron chi connectivity index (χ4n) is 2.20. The van der Waals surface area contributed by atoms with Gasteiger partial charge >= 0.3 is 5.97 Å². The number of carbonyl (C=O) groups is 1. The van der Waals surface area contributed by atoms with E-state index in [2.05, 4.69) is 12.2 Å². The van der Waals surface area contributed by atoms with Crippen molar-refractivity contribution in [2.45, 2.75) is 39.2 Å². The standard InChI is InChI=1S/C11H21NO2/c1-4-14-11(13)9-6-5-8(2)10(7-9)12-3/h8-10,12H,4-7H2,1-3H3/t8-,9-,10-/m1/s1. The van der Waals surface area contributed by atoms with Crippen LogP contribution in [0.25, 0.3) is 0 Å². The zero-order chi connectivity index (χ0) is 10.6. The number of carbonyl (C=O) groups excluding carboxylic acids is 1. The third kappa shape index (κ3) is 2.71. The summed E-state index contributed by atoms with van der Waals surface area (Å²) in [5.41, 5.74) is 0. The van der Waals surface area contributed by atoms with Crippen molar-refractivity contribution in [3.05, 3.63) is 0 Å². The van der Waals surface area contributed by atoms with Crippen LogP contribution in [-0.4, -0.2) is 25.7 Å². The van der Waals surface area contributed by atoms with Crippen LogP contribution in [0.4, 0.5) is 0 Å². The van der Waals surface area contributed by atoms with E-state index in [1.165, 1.54) is 0 Å². The van der Waals surface area contributed by atoms with E-state index in [1.807, 2.05) is 14.0 Å². The Balaban J connectivity index is 2.45. The molecule has 0 aromatic rings. The number of ether oxygens (including phenoxy) is 1. The van der Waals surface area contributed by atoms with E-state index in [0.29, 0.717) is 18.6 Å². The molecule has 3 atom stereocenters. The minimum Gasteiger partial charge on any atom is -0.466 e. The van der Waals surface area contributed by atoms with E-state index in [-0.39, 0.29) is 11.9 Å². The van der Waals surface area contributed by atoms with Crippen LogP contribution >= 0.6 is 0 Å². The van der Waals surface area contributed by atoms with E-state index in [0.717, 1.165) is 19.3 Å². The van der Waals surface area contributed by atoms with E-state index in [1.54, 1.807) is 0 Å². The number of rotatable bonds is 3. The normalized spacial score (nSPS) is 32.6. The first-order valence-corrected chi connectivity index (χ1v) is 5.53. The molecule has 0 heterocycles. The van der Waals surface area contributed by atoms with Crippen molar-refractivity contribution < 1.29 is 9.53 Å². The maximum atomic E-state index is 11.5. The maximum absolute atomic E-state index is 11.5. The molecule has 82 valence electrons. The monoisotopic (exact) mass is 199 g/mol. The number of nitrogens with one attached hydrogen (secondary N) is 1. The highest BCUT2D eigenvalue weighted by Gasteiger charge is 2.31. The zero-order valence-electron chi connectivity index (χ0n) is 9.38. The summed E-state index contributed by atoms with van der Waals surface area (Å²) in [7, 11) is 1.97. The molecule has 0 radical (unpaired) electrons. The zero-order valence-corrected chi connectivity index (χ0v) is 9.38. The van der Waals surface area contributed by atoms with Crippen molar-refractivity contribution in [3.63, 3.8) is 0 Å². The van der Waals surface area contributed by atoms with Crippen molar-refractivity contribution >= 4 is 5.97 Å². The molecule has 1 N–H and O–H groups in total. The lowest BCUT2D eigenvalue weighted by Crippen LogP contribution is -2.40. The fourth-order valence-corrected chi connectivity index (χ4v) is 2.20. The summed E-state index contributed by atoms with van der Waals surface area (Å²) in [6.07, 6.45) is 3.03. The van der Waals surface area contributed by atoms with Crippen LogP contribution in [0.3, 0.4) is 0 Å². The minimum absolute atomic E-state index is 0.0142. The van der Waals surface area contributed by atoms with Crippen LogP contribution in [0.1, 0.15) is 33.1 Å². The highest BCUT2D eigenvalue weighted by atomic mass is 16.5. The summed E-state index contributed by atoms with van der Waals surface area (Å²) >= 11 is 0. The lowest BCUT2D eigenvalue weighted by atomic mass is 9.79. The molecule has 0 spiro atoms. The third-order valence-electron chi connectivity index (χ3n) is 3.19. The van der Waals surface area contributed by atoms with Gasteiger partial charge in [0.25, 0.3) is 0 Å². The first-order valence-electron chi connectivity index (χ1n) is 5.53. The van der Waals surface area contributed by atoms with E-state index >= 15 is 0 Å². The molecule has 3 nitrogen and oxygen atoms in total. The van der Waals surface area contributed by atoms with Crippen molar-refractivity contribution in [2.24, 2.45) is 11.8 Å². The van der Waals surface area contributed by atoms with Gasteiger partial charge in [-0.25, -0.2) is 0 Å². The molecule has 0 amide bonds. The second kappa shape index (κ2) is 5.35. The van der Waals surface area contributed by atoms with E-state index < -0.39 is 0 Å². The second-order valence-corrected chi connectivity index (χ2v) is 4.13. The Hall–Kier alpha value is -0.570. The van der Waals surface area contributed by atoms with Gasteiger partial charge in [0.2, 0.25) is 0 Å². The lowest BCUT2D eigenvalue weighted by Gasteiger charge is -2.32. The Labute approximate surface area is 86.2 Å². The minimum atomic E-state index is -0.0142. The van der Waals surface area contributed by atoms with Gasteiger partial charge in [-0.3, -0.25) is 4.79 Å². The fraction of sp³-hybridized carbons (Fsp3) is 0.909. The van der Waals surface area contributed by atoms with Crippen LogP contribution in [0.5, 0.6) is 0 Å². The van der Waals surface area contributed by atoms with Crippen LogP contribution in [0, 0.1) is 11.8 Å². The Bertz CT molecular complexity index is 194. The molecule has 3 heteroatoms. The molecule has 1 fully saturated rings. The summed E-state index contributed by atoms with van der Waals surface area (Å²) < 4.78 is 5.04. The molecule has 0 bridgehead atoms. The quantitative estimate of drug-likeness (QED) is 0.701. The Morgan fingerprint density at radius 3 is 2.79 bits per heavy atom. The van der Waals surface area contributed by atoms with Crippen molar-refractivity contribution in [1.29, 1.82) is 0 Å². The first kappa shape index (κ1) is 11.5. The topological polar surface area (TPSA) is 38.3 Å². The number of hydrogen-bond donors (Lipinski definition) is 1. The molecule has 1 saturated carbocycles. The van der Waals surface area contributed by atoms with Crippen LogP contribution in [0.2, 0.25) is 0 Å². The average Bonchev–Trinajstić information content (AvgIpc) is 2.19. The van der Waals surface area contributed by atoms with E-state index in [9.17, 15) is 4.79 Å². The van der Waals surface area contributed by atoms with Gasteiger partial charge in [0.1, 0.15) is 0 Å². The first-order chi connectivity index (χ1) is 6.69. The molecule has 1 aliphatic rings. The summed E-state index contributed by atoms with van der Waals surface area (Å²) in [4.78, 5) is 11.5. The molecule has 0 aliphatic heterocycles. The summed E-state index contributed by atoms with van der Waals surface area (Å²) in [6, 6.07) is 0.471. The molecular formula is C11H21NO2. The van der Waals surface area contributed by atoms with Gasteiger partial charge in [0.15, 0.2) is 0 Å². The average molecular weight is 199 g/mol. The van der Waals surface area contributed by atoms with Gasteiger partial charge in [0.05, 0.1) is 12.5 Å².